The molecule has 3 nitrogen and oxygen atoms in total. The first kappa shape index (κ1) is 38.4. The number of anilines is 3. The molecule has 0 fully saturated rings. The maximum Gasteiger partial charge on any atom is 0.145 e. The van der Waals surface area contributed by atoms with Crippen LogP contribution in [-0.2, 0) is 5.41 Å². The van der Waals surface area contributed by atoms with Crippen LogP contribution in [0.1, 0.15) is 36.3 Å². The number of hydrogen-bond donors (Lipinski definition) is 0. The minimum absolute atomic E-state index is 0.197. The summed E-state index contributed by atoms with van der Waals surface area (Å²) >= 11 is 0. The number of fused-ring (bicyclic) bond motifs is 10. The molecule has 0 saturated carbocycles. The van der Waals surface area contributed by atoms with Crippen molar-refractivity contribution in [3.8, 4) is 51.4 Å². The van der Waals surface area contributed by atoms with Crippen molar-refractivity contribution in [2.24, 2.45) is 0 Å². The Morgan fingerprint density at radius 1 is 0.554 bits per heavy atom. The van der Waals surface area contributed by atoms with E-state index in [1.54, 1.807) is 6.08 Å². The number of allylic oxidation sites excluding steroid dienone is 1. The summed E-state index contributed by atoms with van der Waals surface area (Å²) in [6.45, 7) is 6.85. The highest BCUT2D eigenvalue weighted by molar-refractivity contribution is 6.28. The van der Waals surface area contributed by atoms with Crippen LogP contribution in [0.4, 0.5) is 17.1 Å². The fourth-order valence-corrected chi connectivity index (χ4v) is 10.5. The summed E-state index contributed by atoms with van der Waals surface area (Å²) in [5.41, 5.74) is 18.0. The van der Waals surface area contributed by atoms with E-state index in [1.165, 1.54) is 44.2 Å². The minimum atomic E-state index is -0.197. The Balaban J connectivity index is 1.22. The van der Waals surface area contributed by atoms with Gasteiger partial charge in [0.15, 0.2) is 0 Å². The van der Waals surface area contributed by atoms with E-state index in [2.05, 4.69) is 230 Å². The van der Waals surface area contributed by atoms with E-state index in [0.29, 0.717) is 0 Å². The highest BCUT2D eigenvalue weighted by Gasteiger charge is 2.36. The first-order valence-corrected chi connectivity index (χ1v) is 22.3. The van der Waals surface area contributed by atoms with E-state index in [4.69, 9.17) is 10.8 Å². The number of benzene rings is 9. The fourth-order valence-electron chi connectivity index (χ4n) is 10.5. The summed E-state index contributed by atoms with van der Waals surface area (Å²) in [5, 5.41) is 5.54. The van der Waals surface area contributed by atoms with E-state index in [1.807, 2.05) is 6.08 Å². The molecule has 0 atom stereocenters. The predicted octanol–water partition coefficient (Wildman–Crippen LogP) is 16.7. The van der Waals surface area contributed by atoms with Crippen molar-refractivity contribution in [1.82, 2.24) is 4.57 Å². The molecule has 65 heavy (non-hydrogen) atoms. The lowest BCUT2D eigenvalue weighted by atomic mass is 9.82. The van der Waals surface area contributed by atoms with Gasteiger partial charge >= 0.3 is 0 Å². The molecule has 0 aliphatic heterocycles. The lowest BCUT2D eigenvalue weighted by Crippen LogP contribution is -2.17. The Morgan fingerprint density at radius 3 is 1.89 bits per heavy atom. The Kier molecular flexibility index (Phi) is 8.80. The standard InChI is InChI=1S/C62H44N2O/c1-5-6-25-57-40(2)53-39-56(63(46-31-26-43(27-32-46)41-17-9-7-10-18-41)48-35-37-51-50-23-15-16-24-54(50)62(3,4)55(51)38-48)60-58(61(53)65-57)52-36-30-45-21-13-14-22-49(45)59(52)64(60)47-33-28-44(29-34-47)42-19-11-8-12-20-42/h1,6-39H,2-4H3/b25-6-. The predicted molar refractivity (Wildman–Crippen MR) is 274 cm³/mol. The molecule has 2 heterocycles. The second-order valence-electron chi connectivity index (χ2n) is 17.7. The smallest absolute Gasteiger partial charge is 0.145 e. The third-order valence-electron chi connectivity index (χ3n) is 13.7. The third-order valence-corrected chi connectivity index (χ3v) is 13.7. The summed E-state index contributed by atoms with van der Waals surface area (Å²) < 4.78 is 9.46. The van der Waals surface area contributed by atoms with Gasteiger partial charge in [0.25, 0.3) is 0 Å². The van der Waals surface area contributed by atoms with Crippen molar-refractivity contribution in [2.45, 2.75) is 26.2 Å². The van der Waals surface area contributed by atoms with Crippen LogP contribution in [0.5, 0.6) is 0 Å². The molecule has 0 saturated heterocycles. The number of hydrogen-bond acceptors (Lipinski definition) is 2. The summed E-state index contributed by atoms with van der Waals surface area (Å²) in [5.74, 6) is 3.44. The summed E-state index contributed by atoms with van der Waals surface area (Å²) in [4.78, 5) is 2.47. The first-order valence-electron chi connectivity index (χ1n) is 22.3. The molecule has 12 rings (SSSR count). The third kappa shape index (κ3) is 5.99. The van der Waals surface area contributed by atoms with E-state index in [0.717, 1.165) is 78.0 Å². The molecule has 0 spiro atoms. The molecule has 0 unspecified atom stereocenters. The normalized spacial score (nSPS) is 12.9. The number of terminal acetylenes is 1. The monoisotopic (exact) mass is 832 g/mol. The van der Waals surface area contributed by atoms with E-state index >= 15 is 0 Å². The number of nitrogens with zero attached hydrogens (tertiary/aromatic N) is 2. The zero-order valence-corrected chi connectivity index (χ0v) is 36.5. The Labute approximate surface area is 379 Å². The number of aromatic nitrogens is 1. The van der Waals surface area contributed by atoms with Crippen LogP contribution >= 0.6 is 0 Å². The Bertz CT molecular complexity index is 3730. The molecule has 11 aromatic rings. The summed E-state index contributed by atoms with van der Waals surface area (Å²) in [7, 11) is 0. The molecule has 1 aliphatic rings. The zero-order valence-electron chi connectivity index (χ0n) is 36.5. The van der Waals surface area contributed by atoms with Crippen molar-refractivity contribution in [3.05, 3.63) is 223 Å². The fraction of sp³-hybridized carbons (Fsp3) is 0.0645. The number of rotatable bonds is 7. The average molecular weight is 833 g/mol. The maximum absolute atomic E-state index is 6.98. The van der Waals surface area contributed by atoms with Crippen LogP contribution in [0.25, 0.3) is 88.7 Å². The van der Waals surface area contributed by atoms with Gasteiger partial charge in [-0.2, -0.15) is 0 Å². The highest BCUT2D eigenvalue weighted by atomic mass is 16.3. The largest absolute Gasteiger partial charge is 0.456 e. The molecule has 0 bridgehead atoms. The van der Waals surface area contributed by atoms with Crippen LogP contribution in [0.2, 0.25) is 0 Å². The van der Waals surface area contributed by atoms with Gasteiger partial charge in [-0.05, 0) is 111 Å². The topological polar surface area (TPSA) is 21.3 Å². The van der Waals surface area contributed by atoms with Gasteiger partial charge in [-0.15, -0.1) is 6.42 Å². The SMILES string of the molecule is C#C/C=C\c1oc2c(cc(N(c3ccc(-c4ccccc4)cc3)c3ccc4c(c3)C(C)(C)c3ccccc3-4)c3c2c2ccc4ccccc4c2n3-c2ccc(-c3ccccc3)cc2)c1C. The van der Waals surface area contributed by atoms with Gasteiger partial charge in [0.2, 0.25) is 0 Å². The zero-order chi connectivity index (χ0) is 43.8. The van der Waals surface area contributed by atoms with Crippen molar-refractivity contribution >= 4 is 66.7 Å². The molecule has 9 aromatic carbocycles. The lowest BCUT2D eigenvalue weighted by molar-refractivity contribution is 0.604. The van der Waals surface area contributed by atoms with Crippen molar-refractivity contribution < 1.29 is 4.42 Å². The molecule has 0 N–H and O–H groups in total. The molecular formula is C62H44N2O. The van der Waals surface area contributed by atoms with Crippen LogP contribution in [0, 0.1) is 19.3 Å². The van der Waals surface area contributed by atoms with Crippen LogP contribution < -0.4 is 4.90 Å². The van der Waals surface area contributed by atoms with E-state index < -0.39 is 0 Å². The molecule has 2 aromatic heterocycles. The summed E-state index contributed by atoms with van der Waals surface area (Å²) in [6, 6.07) is 70.7. The van der Waals surface area contributed by atoms with Gasteiger partial charge in [0.1, 0.15) is 11.3 Å². The number of furan rings is 1. The van der Waals surface area contributed by atoms with Gasteiger partial charge in [-0.3, -0.25) is 0 Å². The molecule has 0 amide bonds. The average Bonchev–Trinajstić information content (AvgIpc) is 3.96. The van der Waals surface area contributed by atoms with Gasteiger partial charge in [-0.1, -0.05) is 171 Å². The van der Waals surface area contributed by atoms with Crippen LogP contribution in [-0.4, -0.2) is 4.57 Å². The second kappa shape index (κ2) is 14.9. The Hall–Kier alpha value is -8.32. The highest BCUT2D eigenvalue weighted by Crippen LogP contribution is 2.53. The molecule has 308 valence electrons. The lowest BCUT2D eigenvalue weighted by Gasteiger charge is -2.29. The summed E-state index contributed by atoms with van der Waals surface area (Å²) in [6.07, 6.45) is 9.43. The second-order valence-corrected chi connectivity index (χ2v) is 17.7. The van der Waals surface area contributed by atoms with Gasteiger partial charge in [0.05, 0.1) is 22.1 Å². The van der Waals surface area contributed by atoms with Gasteiger partial charge < -0.3 is 13.9 Å². The van der Waals surface area contributed by atoms with E-state index in [-0.39, 0.29) is 5.41 Å². The van der Waals surface area contributed by atoms with E-state index in [9.17, 15) is 0 Å². The van der Waals surface area contributed by atoms with Crippen molar-refractivity contribution in [2.75, 3.05) is 4.90 Å². The quantitative estimate of drug-likeness (QED) is 0.149. The van der Waals surface area contributed by atoms with Gasteiger partial charge in [-0.25, -0.2) is 0 Å². The Morgan fingerprint density at radius 2 is 1.17 bits per heavy atom. The maximum atomic E-state index is 6.98. The molecule has 1 aliphatic carbocycles. The minimum Gasteiger partial charge on any atom is -0.456 e. The van der Waals surface area contributed by atoms with Gasteiger partial charge in [0, 0.05) is 44.2 Å². The molecule has 3 heteroatoms. The van der Waals surface area contributed by atoms with Crippen LogP contribution in [0.3, 0.4) is 0 Å². The van der Waals surface area contributed by atoms with Crippen molar-refractivity contribution in [1.29, 1.82) is 0 Å². The first-order chi connectivity index (χ1) is 31.9. The van der Waals surface area contributed by atoms with Crippen LogP contribution in [0.15, 0.2) is 205 Å². The number of aryl methyl sites for hydroxylation is 1. The molecular weight excluding hydrogens is 789 g/mol. The molecule has 0 radical (unpaired) electrons. The van der Waals surface area contributed by atoms with Crippen molar-refractivity contribution in [3.63, 3.8) is 0 Å².